The molecule has 0 saturated carbocycles. The Balaban J connectivity index is 1.92. The van der Waals surface area contributed by atoms with E-state index in [2.05, 4.69) is 10.6 Å². The molecule has 0 saturated heterocycles. The summed E-state index contributed by atoms with van der Waals surface area (Å²) in [5.74, 6) is -0.137. The Labute approximate surface area is 127 Å². The standard InChI is InChI=1S/C15H14Cl2N2O/c1-10-7-12(17)5-6-14(10)18-9-15(20)19-13-4-2-3-11(16)8-13/h2-8,18H,9H2,1H3,(H,19,20). The van der Waals surface area contributed by atoms with Crippen molar-refractivity contribution in [1.29, 1.82) is 0 Å². The molecule has 2 N–H and O–H groups in total. The van der Waals surface area contributed by atoms with Crippen molar-refractivity contribution >= 4 is 40.5 Å². The van der Waals surface area contributed by atoms with E-state index in [4.69, 9.17) is 23.2 Å². The summed E-state index contributed by atoms with van der Waals surface area (Å²) in [5, 5.41) is 7.11. The van der Waals surface area contributed by atoms with Gasteiger partial charge in [-0.1, -0.05) is 29.3 Å². The van der Waals surface area contributed by atoms with Gasteiger partial charge in [-0.2, -0.15) is 0 Å². The van der Waals surface area contributed by atoms with Crippen LogP contribution in [0.25, 0.3) is 0 Å². The quantitative estimate of drug-likeness (QED) is 0.881. The van der Waals surface area contributed by atoms with E-state index in [1.807, 2.05) is 19.1 Å². The summed E-state index contributed by atoms with van der Waals surface area (Å²) < 4.78 is 0. The minimum atomic E-state index is -0.137. The van der Waals surface area contributed by atoms with Crippen molar-refractivity contribution in [3.8, 4) is 0 Å². The first-order valence-electron chi connectivity index (χ1n) is 6.10. The first-order chi connectivity index (χ1) is 9.54. The van der Waals surface area contributed by atoms with Crippen molar-refractivity contribution in [1.82, 2.24) is 0 Å². The average molecular weight is 309 g/mol. The van der Waals surface area contributed by atoms with Crippen LogP contribution >= 0.6 is 23.2 Å². The monoisotopic (exact) mass is 308 g/mol. The minimum absolute atomic E-state index is 0.137. The second-order valence-electron chi connectivity index (χ2n) is 4.37. The van der Waals surface area contributed by atoms with Gasteiger partial charge in [-0.05, 0) is 48.9 Å². The molecule has 104 valence electrons. The molecular formula is C15H14Cl2N2O. The van der Waals surface area contributed by atoms with E-state index in [9.17, 15) is 4.79 Å². The summed E-state index contributed by atoms with van der Waals surface area (Å²) in [6.07, 6.45) is 0. The van der Waals surface area contributed by atoms with Crippen LogP contribution < -0.4 is 10.6 Å². The van der Waals surface area contributed by atoms with Crippen LogP contribution in [0.15, 0.2) is 42.5 Å². The molecule has 2 aromatic rings. The molecule has 0 bridgehead atoms. The Kier molecular flexibility index (Phi) is 4.88. The predicted octanol–water partition coefficient (Wildman–Crippen LogP) is 4.35. The first kappa shape index (κ1) is 14.7. The second-order valence-corrected chi connectivity index (χ2v) is 5.24. The second kappa shape index (κ2) is 6.64. The first-order valence-corrected chi connectivity index (χ1v) is 6.85. The maximum absolute atomic E-state index is 11.8. The third kappa shape index (κ3) is 4.15. The van der Waals surface area contributed by atoms with Crippen LogP contribution in [0.4, 0.5) is 11.4 Å². The molecule has 0 spiro atoms. The van der Waals surface area contributed by atoms with E-state index in [0.717, 1.165) is 11.3 Å². The number of aryl methyl sites for hydroxylation is 1. The molecule has 3 nitrogen and oxygen atoms in total. The topological polar surface area (TPSA) is 41.1 Å². The van der Waals surface area contributed by atoms with E-state index in [-0.39, 0.29) is 12.5 Å². The van der Waals surface area contributed by atoms with Crippen molar-refractivity contribution in [2.45, 2.75) is 6.92 Å². The molecule has 0 aliphatic rings. The molecule has 0 aromatic heterocycles. The Morgan fingerprint density at radius 1 is 1.10 bits per heavy atom. The van der Waals surface area contributed by atoms with Gasteiger partial charge in [-0.15, -0.1) is 0 Å². The number of nitrogens with one attached hydrogen (secondary N) is 2. The number of carbonyl (C=O) groups excluding carboxylic acids is 1. The summed E-state index contributed by atoms with van der Waals surface area (Å²) in [7, 11) is 0. The highest BCUT2D eigenvalue weighted by Crippen LogP contribution is 2.19. The van der Waals surface area contributed by atoms with Crippen molar-refractivity contribution in [2.75, 3.05) is 17.2 Å². The largest absolute Gasteiger partial charge is 0.376 e. The smallest absolute Gasteiger partial charge is 0.243 e. The van der Waals surface area contributed by atoms with Crippen LogP contribution in [0.5, 0.6) is 0 Å². The molecule has 0 fully saturated rings. The maximum Gasteiger partial charge on any atom is 0.243 e. The van der Waals surface area contributed by atoms with Crippen molar-refractivity contribution in [2.24, 2.45) is 0 Å². The average Bonchev–Trinajstić information content (AvgIpc) is 2.37. The van der Waals surface area contributed by atoms with Crippen LogP contribution in [0.3, 0.4) is 0 Å². The number of rotatable bonds is 4. The van der Waals surface area contributed by atoms with E-state index in [1.165, 1.54) is 0 Å². The Morgan fingerprint density at radius 2 is 1.85 bits per heavy atom. The number of halogens is 2. The fourth-order valence-corrected chi connectivity index (χ4v) is 2.19. The summed E-state index contributed by atoms with van der Waals surface area (Å²) >= 11 is 11.7. The minimum Gasteiger partial charge on any atom is -0.376 e. The van der Waals surface area contributed by atoms with Crippen LogP contribution in [0, 0.1) is 6.92 Å². The summed E-state index contributed by atoms with van der Waals surface area (Å²) in [5.41, 5.74) is 2.56. The molecule has 2 aromatic carbocycles. The lowest BCUT2D eigenvalue weighted by molar-refractivity contribution is -0.114. The molecule has 0 radical (unpaired) electrons. The van der Waals surface area contributed by atoms with Crippen LogP contribution in [0.1, 0.15) is 5.56 Å². The van der Waals surface area contributed by atoms with E-state index < -0.39 is 0 Å². The highest BCUT2D eigenvalue weighted by molar-refractivity contribution is 6.31. The van der Waals surface area contributed by atoms with Gasteiger partial charge in [0.05, 0.1) is 6.54 Å². The third-order valence-electron chi connectivity index (χ3n) is 2.74. The molecule has 0 aliphatic carbocycles. The van der Waals surface area contributed by atoms with Gasteiger partial charge in [0.1, 0.15) is 0 Å². The molecule has 0 unspecified atom stereocenters. The highest BCUT2D eigenvalue weighted by Gasteiger charge is 2.04. The SMILES string of the molecule is Cc1cc(Cl)ccc1NCC(=O)Nc1cccc(Cl)c1. The lowest BCUT2D eigenvalue weighted by Crippen LogP contribution is -2.22. The maximum atomic E-state index is 11.8. The van der Waals surface area contributed by atoms with E-state index >= 15 is 0 Å². The Hall–Kier alpha value is -1.71. The third-order valence-corrected chi connectivity index (χ3v) is 3.21. The van der Waals surface area contributed by atoms with Gasteiger partial charge in [0, 0.05) is 21.4 Å². The van der Waals surface area contributed by atoms with Gasteiger partial charge < -0.3 is 10.6 Å². The normalized spacial score (nSPS) is 10.2. The molecule has 5 heteroatoms. The number of hydrogen-bond donors (Lipinski definition) is 2. The van der Waals surface area contributed by atoms with Gasteiger partial charge in [0.2, 0.25) is 5.91 Å². The van der Waals surface area contributed by atoms with Crippen LogP contribution in [-0.2, 0) is 4.79 Å². The van der Waals surface area contributed by atoms with Crippen molar-refractivity contribution in [3.05, 3.63) is 58.1 Å². The summed E-state index contributed by atoms with van der Waals surface area (Å²) in [4.78, 5) is 11.8. The van der Waals surface area contributed by atoms with Gasteiger partial charge in [-0.3, -0.25) is 4.79 Å². The summed E-state index contributed by atoms with van der Waals surface area (Å²) in [6, 6.07) is 12.5. The van der Waals surface area contributed by atoms with E-state index in [1.54, 1.807) is 30.3 Å². The molecule has 0 aliphatic heterocycles. The number of carbonyl (C=O) groups is 1. The van der Waals surface area contributed by atoms with Gasteiger partial charge >= 0.3 is 0 Å². The highest BCUT2D eigenvalue weighted by atomic mass is 35.5. The molecule has 2 rings (SSSR count). The molecule has 0 atom stereocenters. The Morgan fingerprint density at radius 3 is 2.55 bits per heavy atom. The Bertz CT molecular complexity index is 629. The zero-order chi connectivity index (χ0) is 14.5. The molecule has 0 heterocycles. The van der Waals surface area contributed by atoms with Crippen molar-refractivity contribution < 1.29 is 4.79 Å². The number of amides is 1. The lowest BCUT2D eigenvalue weighted by Gasteiger charge is -2.10. The zero-order valence-corrected chi connectivity index (χ0v) is 12.4. The van der Waals surface area contributed by atoms with Crippen LogP contribution in [0.2, 0.25) is 10.0 Å². The molecule has 1 amide bonds. The van der Waals surface area contributed by atoms with Gasteiger partial charge in [0.25, 0.3) is 0 Å². The van der Waals surface area contributed by atoms with E-state index in [0.29, 0.717) is 15.7 Å². The zero-order valence-electron chi connectivity index (χ0n) is 10.9. The number of benzene rings is 2. The lowest BCUT2D eigenvalue weighted by atomic mass is 10.2. The predicted molar refractivity (Wildman–Crippen MR) is 84.8 cm³/mol. The van der Waals surface area contributed by atoms with Crippen molar-refractivity contribution in [3.63, 3.8) is 0 Å². The fourth-order valence-electron chi connectivity index (χ4n) is 1.77. The number of anilines is 2. The number of hydrogen-bond acceptors (Lipinski definition) is 2. The van der Waals surface area contributed by atoms with Gasteiger partial charge in [0.15, 0.2) is 0 Å². The molecular weight excluding hydrogens is 295 g/mol. The van der Waals surface area contributed by atoms with Gasteiger partial charge in [-0.25, -0.2) is 0 Å². The summed E-state index contributed by atoms with van der Waals surface area (Å²) in [6.45, 7) is 2.11. The van der Waals surface area contributed by atoms with Crippen LogP contribution in [-0.4, -0.2) is 12.5 Å². The molecule has 20 heavy (non-hydrogen) atoms. The fraction of sp³-hybridized carbons (Fsp3) is 0.133.